The molecule has 0 fully saturated rings. The number of rotatable bonds is 3. The van der Waals surface area contributed by atoms with E-state index in [1.165, 1.54) is 7.11 Å². The average Bonchev–Trinajstić information content (AvgIpc) is 2.26. The number of hydrogen-bond donors (Lipinski definition) is 1. The highest BCUT2D eigenvalue weighted by atomic mass is 16.5. The topological polar surface area (TPSA) is 78.1 Å². The lowest BCUT2D eigenvalue weighted by Crippen LogP contribution is -2.14. The van der Waals surface area contributed by atoms with E-state index in [4.69, 9.17) is 5.73 Å². The minimum atomic E-state index is -0.495. The molecule has 0 aliphatic heterocycles. The Balaban J connectivity index is 3.22. The molecule has 0 aromatic carbocycles. The van der Waals surface area contributed by atoms with Crippen LogP contribution in [-0.4, -0.2) is 23.0 Å². The second-order valence-electron chi connectivity index (χ2n) is 3.73. The number of hydrogen-bond acceptors (Lipinski definition) is 5. The van der Waals surface area contributed by atoms with Gasteiger partial charge in [-0.2, -0.15) is 0 Å². The Morgan fingerprint density at radius 2 is 2.12 bits per heavy atom. The van der Waals surface area contributed by atoms with Gasteiger partial charge in [-0.3, -0.25) is 0 Å². The van der Waals surface area contributed by atoms with Crippen LogP contribution in [0, 0.1) is 6.92 Å². The maximum absolute atomic E-state index is 11.4. The summed E-state index contributed by atoms with van der Waals surface area (Å²) >= 11 is 0. The van der Waals surface area contributed by atoms with Crippen LogP contribution in [0.1, 0.15) is 48.1 Å². The number of carbonyl (C=O) groups is 1. The van der Waals surface area contributed by atoms with Gasteiger partial charge in [0.1, 0.15) is 17.2 Å². The van der Waals surface area contributed by atoms with Crippen molar-refractivity contribution in [3.8, 4) is 0 Å². The molecule has 1 aromatic heterocycles. The van der Waals surface area contributed by atoms with Gasteiger partial charge >= 0.3 is 5.97 Å². The molecule has 0 saturated carbocycles. The average molecular weight is 223 g/mol. The second-order valence-corrected chi connectivity index (χ2v) is 3.73. The van der Waals surface area contributed by atoms with Crippen LogP contribution < -0.4 is 5.73 Å². The van der Waals surface area contributed by atoms with Crippen molar-refractivity contribution < 1.29 is 9.53 Å². The molecule has 5 heteroatoms. The normalized spacial score (nSPS) is 12.2. The zero-order valence-corrected chi connectivity index (χ0v) is 10.1. The van der Waals surface area contributed by atoms with Crippen molar-refractivity contribution in [1.82, 2.24) is 9.97 Å². The van der Waals surface area contributed by atoms with Crippen molar-refractivity contribution in [2.24, 2.45) is 0 Å². The zero-order chi connectivity index (χ0) is 12.3. The van der Waals surface area contributed by atoms with E-state index in [1.807, 2.05) is 13.8 Å². The van der Waals surface area contributed by atoms with E-state index < -0.39 is 5.97 Å². The Morgan fingerprint density at radius 3 is 2.56 bits per heavy atom. The van der Waals surface area contributed by atoms with E-state index in [1.54, 1.807) is 6.92 Å². The number of nitrogens with two attached hydrogens (primary N) is 1. The van der Waals surface area contributed by atoms with Crippen molar-refractivity contribution in [1.29, 1.82) is 0 Å². The number of methoxy groups -OCH3 is 1. The lowest BCUT2D eigenvalue weighted by molar-refractivity contribution is 0.0600. The Bertz CT molecular complexity index is 381. The molecule has 1 aromatic rings. The van der Waals surface area contributed by atoms with E-state index >= 15 is 0 Å². The summed E-state index contributed by atoms with van der Waals surface area (Å²) in [5.41, 5.74) is 6.56. The summed E-state index contributed by atoms with van der Waals surface area (Å²) in [6, 6.07) is 0. The number of anilines is 1. The molecule has 0 aliphatic rings. The molecule has 0 aliphatic carbocycles. The number of nitrogen functional groups attached to an aromatic ring is 1. The predicted octanol–water partition coefficient (Wildman–Crippen LogP) is 1.67. The molecule has 1 atom stereocenters. The summed E-state index contributed by atoms with van der Waals surface area (Å²) in [6.07, 6.45) is 0.927. The minimum absolute atomic E-state index is 0.189. The summed E-state index contributed by atoms with van der Waals surface area (Å²) in [5.74, 6) is 0.596. The number of aryl methyl sites for hydroxylation is 1. The summed E-state index contributed by atoms with van der Waals surface area (Å²) in [5, 5.41) is 0. The fourth-order valence-electron chi connectivity index (χ4n) is 1.37. The van der Waals surface area contributed by atoms with Gasteiger partial charge in [-0.1, -0.05) is 13.8 Å². The van der Waals surface area contributed by atoms with Crippen molar-refractivity contribution in [2.45, 2.75) is 33.1 Å². The SMILES string of the molecule is CCC(C)c1nc(C)c(C(=O)OC)c(N)n1. The van der Waals surface area contributed by atoms with Gasteiger partial charge in [0.2, 0.25) is 0 Å². The first-order valence-electron chi connectivity index (χ1n) is 5.23. The third-order valence-electron chi connectivity index (χ3n) is 2.58. The molecule has 0 spiro atoms. The lowest BCUT2D eigenvalue weighted by Gasteiger charge is -2.11. The van der Waals surface area contributed by atoms with Crippen molar-refractivity contribution >= 4 is 11.8 Å². The van der Waals surface area contributed by atoms with Gasteiger partial charge < -0.3 is 10.5 Å². The number of nitrogens with zero attached hydrogens (tertiary/aromatic N) is 2. The molecule has 2 N–H and O–H groups in total. The van der Waals surface area contributed by atoms with Crippen LogP contribution in [0.15, 0.2) is 0 Å². The first-order chi connectivity index (χ1) is 7.51. The maximum Gasteiger partial charge on any atom is 0.343 e. The largest absolute Gasteiger partial charge is 0.465 e. The van der Waals surface area contributed by atoms with Crippen molar-refractivity contribution in [3.05, 3.63) is 17.1 Å². The summed E-state index contributed by atoms with van der Waals surface area (Å²) in [6.45, 7) is 5.80. The van der Waals surface area contributed by atoms with Crippen LogP contribution >= 0.6 is 0 Å². The first-order valence-corrected chi connectivity index (χ1v) is 5.23. The molecule has 16 heavy (non-hydrogen) atoms. The molecular formula is C11H17N3O2. The van der Waals surface area contributed by atoms with Crippen LogP contribution in [0.2, 0.25) is 0 Å². The number of carbonyl (C=O) groups excluding carboxylic acids is 1. The highest BCUT2D eigenvalue weighted by molar-refractivity contribution is 5.95. The number of esters is 1. The third-order valence-corrected chi connectivity index (χ3v) is 2.58. The molecule has 1 unspecified atom stereocenters. The monoisotopic (exact) mass is 223 g/mol. The van der Waals surface area contributed by atoms with Crippen molar-refractivity contribution in [3.63, 3.8) is 0 Å². The molecule has 0 radical (unpaired) electrons. The minimum Gasteiger partial charge on any atom is -0.465 e. The number of ether oxygens (including phenoxy) is 1. The maximum atomic E-state index is 11.4. The summed E-state index contributed by atoms with van der Waals surface area (Å²) in [4.78, 5) is 19.8. The fraction of sp³-hybridized carbons (Fsp3) is 0.545. The van der Waals surface area contributed by atoms with E-state index in [-0.39, 0.29) is 17.3 Å². The Labute approximate surface area is 95.0 Å². The van der Waals surface area contributed by atoms with E-state index in [9.17, 15) is 4.79 Å². The van der Waals surface area contributed by atoms with Gasteiger partial charge in [-0.05, 0) is 13.3 Å². The Kier molecular flexibility index (Phi) is 3.82. The van der Waals surface area contributed by atoms with Gasteiger partial charge in [0, 0.05) is 5.92 Å². The molecule has 0 saturated heterocycles. The number of aromatic nitrogens is 2. The van der Waals surface area contributed by atoms with Gasteiger partial charge in [-0.15, -0.1) is 0 Å². The third kappa shape index (κ3) is 2.29. The molecule has 1 rings (SSSR count). The quantitative estimate of drug-likeness (QED) is 0.788. The molecule has 1 heterocycles. The molecular weight excluding hydrogens is 206 g/mol. The molecule has 0 bridgehead atoms. The van der Waals surface area contributed by atoms with E-state index in [2.05, 4.69) is 14.7 Å². The summed E-state index contributed by atoms with van der Waals surface area (Å²) in [7, 11) is 1.31. The molecule has 0 amide bonds. The smallest absolute Gasteiger partial charge is 0.343 e. The fourth-order valence-corrected chi connectivity index (χ4v) is 1.37. The highest BCUT2D eigenvalue weighted by Gasteiger charge is 2.18. The van der Waals surface area contributed by atoms with Crippen LogP contribution in [0.25, 0.3) is 0 Å². The first kappa shape index (κ1) is 12.4. The summed E-state index contributed by atoms with van der Waals surface area (Å²) < 4.78 is 4.63. The van der Waals surface area contributed by atoms with E-state index in [0.29, 0.717) is 11.5 Å². The van der Waals surface area contributed by atoms with Gasteiger partial charge in [-0.25, -0.2) is 14.8 Å². The lowest BCUT2D eigenvalue weighted by atomic mass is 10.1. The van der Waals surface area contributed by atoms with Gasteiger partial charge in [0.25, 0.3) is 0 Å². The van der Waals surface area contributed by atoms with Crippen LogP contribution in [0.3, 0.4) is 0 Å². The standard InChI is InChI=1S/C11H17N3O2/c1-5-6(2)10-13-7(3)8(9(12)14-10)11(15)16-4/h6H,5H2,1-4H3,(H2,12,13,14). The Morgan fingerprint density at radius 1 is 1.50 bits per heavy atom. The second kappa shape index (κ2) is 4.92. The van der Waals surface area contributed by atoms with Gasteiger partial charge in [0.05, 0.1) is 12.8 Å². The van der Waals surface area contributed by atoms with E-state index in [0.717, 1.165) is 6.42 Å². The van der Waals surface area contributed by atoms with Crippen LogP contribution in [0.4, 0.5) is 5.82 Å². The molecule has 5 nitrogen and oxygen atoms in total. The van der Waals surface area contributed by atoms with Crippen LogP contribution in [-0.2, 0) is 4.74 Å². The predicted molar refractivity (Wildman–Crippen MR) is 61.2 cm³/mol. The van der Waals surface area contributed by atoms with Crippen LogP contribution in [0.5, 0.6) is 0 Å². The molecule has 88 valence electrons. The Hall–Kier alpha value is -1.65. The zero-order valence-electron chi connectivity index (χ0n) is 10.1. The van der Waals surface area contributed by atoms with Crippen molar-refractivity contribution in [2.75, 3.05) is 12.8 Å². The van der Waals surface area contributed by atoms with Gasteiger partial charge in [0.15, 0.2) is 0 Å². The highest BCUT2D eigenvalue weighted by Crippen LogP contribution is 2.20.